The smallest absolute Gasteiger partial charge is 0.0622 e. The second-order valence-electron chi connectivity index (χ2n) is 2.00. The molecule has 0 spiro atoms. The zero-order valence-corrected chi connectivity index (χ0v) is 4.07. The van der Waals surface area contributed by atoms with Crippen LogP contribution in [-0.4, -0.2) is 10.7 Å². The first-order chi connectivity index (χ1) is 2.21. The molecule has 2 nitrogen and oxygen atoms in total. The minimum atomic E-state index is -0.250. The van der Waals surface area contributed by atoms with Crippen LogP contribution in [0.25, 0.3) is 0 Å². The molecule has 0 aromatic heterocycles. The highest BCUT2D eigenvalue weighted by Crippen LogP contribution is 2.33. The Balaban J connectivity index is 0.000000250. The minimum Gasteiger partial charge on any atom is -0.390 e. The molecule has 1 fully saturated rings. The zero-order valence-electron chi connectivity index (χ0n) is 4.07. The second-order valence-corrected chi connectivity index (χ2v) is 2.00. The van der Waals surface area contributed by atoms with Gasteiger partial charge in [0, 0.05) is 0 Å². The monoisotopic (exact) mass is 89.1 g/mol. The molecule has 0 heterocycles. The SMILES string of the molecule is CC1(O)CC1.N. The molecule has 6 heavy (non-hydrogen) atoms. The summed E-state index contributed by atoms with van der Waals surface area (Å²) in [4.78, 5) is 0. The van der Waals surface area contributed by atoms with Gasteiger partial charge in [-0.3, -0.25) is 0 Å². The van der Waals surface area contributed by atoms with Gasteiger partial charge in [-0.15, -0.1) is 0 Å². The van der Waals surface area contributed by atoms with Gasteiger partial charge in [-0.1, -0.05) is 0 Å². The maximum atomic E-state index is 8.63. The van der Waals surface area contributed by atoms with Gasteiger partial charge in [-0.05, 0) is 19.8 Å². The normalized spacial score (nSPS) is 25.0. The van der Waals surface area contributed by atoms with Crippen LogP contribution in [-0.2, 0) is 0 Å². The first kappa shape index (κ1) is 5.92. The fourth-order valence-electron chi connectivity index (χ4n) is 0.181. The molecule has 38 valence electrons. The van der Waals surface area contributed by atoms with Crippen molar-refractivity contribution in [3.63, 3.8) is 0 Å². The molecule has 0 atom stereocenters. The molecule has 0 radical (unpaired) electrons. The van der Waals surface area contributed by atoms with E-state index in [2.05, 4.69) is 0 Å². The van der Waals surface area contributed by atoms with Crippen molar-refractivity contribution < 1.29 is 5.11 Å². The highest BCUT2D eigenvalue weighted by atomic mass is 16.3. The summed E-state index contributed by atoms with van der Waals surface area (Å²) < 4.78 is 0. The average Bonchev–Trinajstić information content (AvgIpc) is 1.76. The molecular formula is C4H11NO. The van der Waals surface area contributed by atoms with E-state index in [0.717, 1.165) is 12.8 Å². The second kappa shape index (κ2) is 1.21. The maximum Gasteiger partial charge on any atom is 0.0622 e. The number of aliphatic hydroxyl groups is 1. The zero-order chi connectivity index (χ0) is 3.91. The van der Waals surface area contributed by atoms with E-state index in [4.69, 9.17) is 5.11 Å². The van der Waals surface area contributed by atoms with E-state index >= 15 is 0 Å². The Morgan fingerprint density at radius 3 is 1.67 bits per heavy atom. The van der Waals surface area contributed by atoms with E-state index in [1.807, 2.05) is 6.92 Å². The molecule has 0 aromatic rings. The molecule has 2 heteroatoms. The first-order valence-corrected chi connectivity index (χ1v) is 1.93. The van der Waals surface area contributed by atoms with Gasteiger partial charge in [0.05, 0.1) is 5.60 Å². The predicted octanol–water partition coefficient (Wildman–Crippen LogP) is 0.693. The Morgan fingerprint density at radius 1 is 1.50 bits per heavy atom. The molecule has 0 aromatic carbocycles. The van der Waals surface area contributed by atoms with Crippen LogP contribution in [0.2, 0.25) is 0 Å². The third-order valence-electron chi connectivity index (χ3n) is 0.974. The molecule has 4 N–H and O–H groups in total. The van der Waals surface area contributed by atoms with Crippen LogP contribution in [0.15, 0.2) is 0 Å². The quantitative estimate of drug-likeness (QED) is 0.459. The summed E-state index contributed by atoms with van der Waals surface area (Å²) in [5, 5.41) is 8.63. The third-order valence-corrected chi connectivity index (χ3v) is 0.974. The highest BCUT2D eigenvalue weighted by Gasteiger charge is 2.33. The number of hydrogen-bond acceptors (Lipinski definition) is 2. The topological polar surface area (TPSA) is 55.2 Å². The van der Waals surface area contributed by atoms with E-state index in [-0.39, 0.29) is 11.8 Å². The van der Waals surface area contributed by atoms with Crippen LogP contribution in [0.3, 0.4) is 0 Å². The van der Waals surface area contributed by atoms with Gasteiger partial charge in [0.2, 0.25) is 0 Å². The van der Waals surface area contributed by atoms with Crippen molar-refractivity contribution in [2.24, 2.45) is 0 Å². The van der Waals surface area contributed by atoms with Crippen molar-refractivity contribution in [3.8, 4) is 0 Å². The summed E-state index contributed by atoms with van der Waals surface area (Å²) in [7, 11) is 0. The van der Waals surface area contributed by atoms with Crippen LogP contribution < -0.4 is 6.15 Å². The molecule has 0 saturated heterocycles. The Kier molecular flexibility index (Phi) is 1.19. The minimum absolute atomic E-state index is 0. The Labute approximate surface area is 37.8 Å². The van der Waals surface area contributed by atoms with Crippen LogP contribution in [0, 0.1) is 0 Å². The van der Waals surface area contributed by atoms with Crippen molar-refractivity contribution in [2.45, 2.75) is 25.4 Å². The standard InChI is InChI=1S/C4H8O.H3N/c1-4(5)2-3-4;/h5H,2-3H2,1H3;1H3. The maximum absolute atomic E-state index is 8.63. The molecule has 0 bridgehead atoms. The molecule has 1 rings (SSSR count). The van der Waals surface area contributed by atoms with Gasteiger partial charge in [0.25, 0.3) is 0 Å². The van der Waals surface area contributed by atoms with Gasteiger partial charge in [0.1, 0.15) is 0 Å². The fourth-order valence-corrected chi connectivity index (χ4v) is 0.181. The van der Waals surface area contributed by atoms with Crippen LogP contribution in [0.5, 0.6) is 0 Å². The lowest BCUT2D eigenvalue weighted by Gasteiger charge is -1.86. The van der Waals surface area contributed by atoms with Gasteiger partial charge < -0.3 is 11.3 Å². The third kappa shape index (κ3) is 1.38. The summed E-state index contributed by atoms with van der Waals surface area (Å²) in [6.45, 7) is 1.85. The van der Waals surface area contributed by atoms with Crippen molar-refractivity contribution in [2.75, 3.05) is 0 Å². The van der Waals surface area contributed by atoms with Gasteiger partial charge >= 0.3 is 0 Å². The molecule has 0 aliphatic heterocycles. The first-order valence-electron chi connectivity index (χ1n) is 1.93. The van der Waals surface area contributed by atoms with E-state index in [1.54, 1.807) is 0 Å². The summed E-state index contributed by atoms with van der Waals surface area (Å²) >= 11 is 0. The lowest BCUT2D eigenvalue weighted by molar-refractivity contribution is 0.172. The highest BCUT2D eigenvalue weighted by molar-refractivity contribution is 4.87. The fraction of sp³-hybridized carbons (Fsp3) is 1.00. The molecular weight excluding hydrogens is 78.0 g/mol. The average molecular weight is 89.1 g/mol. The Morgan fingerprint density at radius 2 is 1.67 bits per heavy atom. The molecule has 1 aliphatic rings. The van der Waals surface area contributed by atoms with Crippen molar-refractivity contribution >= 4 is 0 Å². The van der Waals surface area contributed by atoms with Gasteiger partial charge in [0.15, 0.2) is 0 Å². The predicted molar refractivity (Wildman–Crippen MR) is 24.9 cm³/mol. The molecule has 0 amide bonds. The van der Waals surface area contributed by atoms with E-state index in [1.165, 1.54) is 0 Å². The summed E-state index contributed by atoms with van der Waals surface area (Å²) in [5.74, 6) is 0. The van der Waals surface area contributed by atoms with Gasteiger partial charge in [-0.25, -0.2) is 0 Å². The largest absolute Gasteiger partial charge is 0.390 e. The van der Waals surface area contributed by atoms with E-state index < -0.39 is 0 Å². The lowest BCUT2D eigenvalue weighted by Crippen LogP contribution is -1.94. The molecule has 1 saturated carbocycles. The molecule has 0 unspecified atom stereocenters. The van der Waals surface area contributed by atoms with Crippen LogP contribution in [0.4, 0.5) is 0 Å². The number of hydrogen-bond donors (Lipinski definition) is 2. The Bertz CT molecular complexity index is 45.5. The van der Waals surface area contributed by atoms with Gasteiger partial charge in [-0.2, -0.15) is 0 Å². The Hall–Kier alpha value is -0.0800. The summed E-state index contributed by atoms with van der Waals surface area (Å²) in [5.41, 5.74) is -0.250. The van der Waals surface area contributed by atoms with E-state index in [9.17, 15) is 0 Å². The summed E-state index contributed by atoms with van der Waals surface area (Å²) in [6.07, 6.45) is 2.01. The van der Waals surface area contributed by atoms with E-state index in [0.29, 0.717) is 0 Å². The lowest BCUT2D eigenvalue weighted by atomic mass is 10.4. The van der Waals surface area contributed by atoms with Crippen LogP contribution in [0.1, 0.15) is 19.8 Å². The number of rotatable bonds is 0. The molecule has 1 aliphatic carbocycles. The van der Waals surface area contributed by atoms with Crippen LogP contribution >= 0.6 is 0 Å². The summed E-state index contributed by atoms with van der Waals surface area (Å²) in [6, 6.07) is 0. The van der Waals surface area contributed by atoms with Crippen molar-refractivity contribution in [1.82, 2.24) is 6.15 Å². The van der Waals surface area contributed by atoms with Crippen molar-refractivity contribution in [3.05, 3.63) is 0 Å². The van der Waals surface area contributed by atoms with Crippen molar-refractivity contribution in [1.29, 1.82) is 0 Å².